The zero-order valence-electron chi connectivity index (χ0n) is 14.6. The van der Waals surface area contributed by atoms with Crippen molar-refractivity contribution >= 4 is 23.0 Å². The number of para-hydroxylation sites is 1. The maximum Gasteiger partial charge on any atom is 0.173 e. The third-order valence-corrected chi connectivity index (χ3v) is 5.44. The van der Waals surface area contributed by atoms with Crippen molar-refractivity contribution in [2.24, 2.45) is 0 Å². The molecule has 1 fully saturated rings. The van der Waals surface area contributed by atoms with E-state index in [0.717, 1.165) is 51.5 Å². The van der Waals surface area contributed by atoms with Crippen LogP contribution in [0, 0.1) is 5.82 Å². The third-order valence-electron chi connectivity index (χ3n) is 5.08. The first-order valence-corrected chi connectivity index (χ1v) is 9.48. The highest BCUT2D eigenvalue weighted by molar-refractivity contribution is 7.80. The van der Waals surface area contributed by atoms with Crippen molar-refractivity contribution in [2.75, 3.05) is 38.1 Å². The van der Waals surface area contributed by atoms with Crippen molar-refractivity contribution in [1.82, 2.24) is 4.90 Å². The molecule has 2 aliphatic rings. The van der Waals surface area contributed by atoms with Gasteiger partial charge in [0, 0.05) is 12.0 Å². The van der Waals surface area contributed by atoms with E-state index in [9.17, 15) is 4.39 Å². The number of nitrogens with one attached hydrogen (secondary N) is 2. The quantitative estimate of drug-likeness (QED) is 0.805. The normalized spacial score (nSPS) is 16.9. The molecule has 0 bridgehead atoms. The molecule has 0 aliphatic carbocycles. The highest BCUT2D eigenvalue weighted by atomic mass is 32.1. The average molecular weight is 372 g/mol. The van der Waals surface area contributed by atoms with Crippen molar-refractivity contribution in [1.29, 1.82) is 0 Å². The summed E-state index contributed by atoms with van der Waals surface area (Å²) in [5.74, 6) is 0.762. The van der Waals surface area contributed by atoms with Gasteiger partial charge in [0.1, 0.15) is 18.1 Å². The van der Waals surface area contributed by atoms with Gasteiger partial charge in [-0.25, -0.2) is 4.39 Å². The minimum absolute atomic E-state index is 0.278. The number of halogens is 1. The first-order valence-electron chi connectivity index (χ1n) is 9.08. The predicted octanol–water partition coefficient (Wildman–Crippen LogP) is 1.86. The minimum Gasteiger partial charge on any atom is -0.493 e. The molecule has 0 aromatic heterocycles. The van der Waals surface area contributed by atoms with Crippen LogP contribution in [-0.4, -0.2) is 42.8 Å². The number of ether oxygens (including phenoxy) is 1. The molecule has 0 unspecified atom stereocenters. The number of thiocarbonyl (C=S) groups is 1. The Morgan fingerprint density at radius 2 is 2.00 bits per heavy atom. The van der Waals surface area contributed by atoms with Crippen LogP contribution in [0.2, 0.25) is 0 Å². The van der Waals surface area contributed by atoms with E-state index in [2.05, 4.69) is 28.4 Å². The first-order chi connectivity index (χ1) is 12.7. The monoisotopic (exact) mass is 372 g/mol. The Kier molecular flexibility index (Phi) is 5.04. The summed E-state index contributed by atoms with van der Waals surface area (Å²) in [6, 6.07) is 13.2. The number of hydrogen-bond acceptors (Lipinski definition) is 2. The zero-order chi connectivity index (χ0) is 17.9. The summed E-state index contributed by atoms with van der Waals surface area (Å²) < 4.78 is 19.3. The van der Waals surface area contributed by atoms with Gasteiger partial charge in [-0.05, 0) is 48.1 Å². The highest BCUT2D eigenvalue weighted by Crippen LogP contribution is 2.25. The molecule has 2 heterocycles. The molecular formula is C20H23FN3OS+. The molecule has 0 spiro atoms. The topological polar surface area (TPSA) is 28.9 Å². The molecule has 0 saturated carbocycles. The molecule has 2 aliphatic heterocycles. The smallest absolute Gasteiger partial charge is 0.173 e. The van der Waals surface area contributed by atoms with E-state index in [-0.39, 0.29) is 5.82 Å². The number of rotatable bonds is 3. The van der Waals surface area contributed by atoms with E-state index in [1.54, 1.807) is 23.1 Å². The summed E-state index contributed by atoms with van der Waals surface area (Å²) in [5.41, 5.74) is 3.13. The highest BCUT2D eigenvalue weighted by Gasteiger charge is 2.23. The predicted molar refractivity (Wildman–Crippen MR) is 104 cm³/mol. The van der Waals surface area contributed by atoms with Crippen molar-refractivity contribution in [3.63, 3.8) is 0 Å². The van der Waals surface area contributed by atoms with Crippen LogP contribution in [-0.2, 0) is 13.0 Å². The standard InChI is InChI=1S/C20H22FN3OS/c21-17-3-1-2-4-18(17)22-20(26)24-10-8-23(9-11-24)14-15-5-6-19-16(13-15)7-12-25-19/h1-6,13H,7-12,14H2,(H,22,26)/p+1. The van der Waals surface area contributed by atoms with Crippen LogP contribution < -0.4 is 15.0 Å². The maximum absolute atomic E-state index is 13.8. The second kappa shape index (κ2) is 7.60. The van der Waals surface area contributed by atoms with E-state index in [0.29, 0.717) is 10.8 Å². The molecule has 2 aromatic carbocycles. The molecule has 0 amide bonds. The summed E-state index contributed by atoms with van der Waals surface area (Å²) in [7, 11) is 0. The van der Waals surface area contributed by atoms with E-state index in [1.165, 1.54) is 17.2 Å². The number of piperazine rings is 1. The van der Waals surface area contributed by atoms with E-state index in [1.807, 2.05) is 0 Å². The van der Waals surface area contributed by atoms with E-state index in [4.69, 9.17) is 17.0 Å². The summed E-state index contributed by atoms with van der Waals surface area (Å²) in [6.45, 7) is 5.62. The van der Waals surface area contributed by atoms with E-state index >= 15 is 0 Å². The van der Waals surface area contributed by atoms with Crippen molar-refractivity contribution in [2.45, 2.75) is 13.0 Å². The fourth-order valence-electron chi connectivity index (χ4n) is 3.60. The van der Waals surface area contributed by atoms with Crippen molar-refractivity contribution in [3.05, 3.63) is 59.4 Å². The lowest BCUT2D eigenvalue weighted by molar-refractivity contribution is -0.917. The molecule has 4 nitrogen and oxygen atoms in total. The van der Waals surface area contributed by atoms with Crippen LogP contribution in [0.3, 0.4) is 0 Å². The Labute approximate surface area is 158 Å². The summed E-state index contributed by atoms with van der Waals surface area (Å²) in [5, 5.41) is 3.63. The van der Waals surface area contributed by atoms with Crippen LogP contribution in [0.25, 0.3) is 0 Å². The van der Waals surface area contributed by atoms with Gasteiger partial charge < -0.3 is 19.9 Å². The van der Waals surface area contributed by atoms with Gasteiger partial charge in [0.2, 0.25) is 0 Å². The molecule has 2 N–H and O–H groups in total. The lowest BCUT2D eigenvalue weighted by Gasteiger charge is -2.34. The molecule has 2 aromatic rings. The molecule has 0 radical (unpaired) electrons. The lowest BCUT2D eigenvalue weighted by atomic mass is 10.1. The lowest BCUT2D eigenvalue weighted by Crippen LogP contribution is -3.13. The van der Waals surface area contributed by atoms with E-state index < -0.39 is 0 Å². The second-order valence-corrected chi connectivity index (χ2v) is 7.25. The molecule has 1 saturated heterocycles. The SMILES string of the molecule is Fc1ccccc1NC(=S)N1CC[NH+](Cc2ccc3c(c2)CCO3)CC1. The Balaban J connectivity index is 1.30. The van der Waals surface area contributed by atoms with Gasteiger partial charge in [-0.1, -0.05) is 12.1 Å². The Bertz CT molecular complexity index is 805. The van der Waals surface area contributed by atoms with Gasteiger partial charge in [0.15, 0.2) is 5.11 Å². The van der Waals surface area contributed by atoms with Crippen LogP contribution in [0.15, 0.2) is 42.5 Å². The maximum atomic E-state index is 13.8. The largest absolute Gasteiger partial charge is 0.493 e. The third kappa shape index (κ3) is 3.81. The summed E-state index contributed by atoms with van der Waals surface area (Å²) >= 11 is 5.46. The fourth-order valence-corrected chi connectivity index (χ4v) is 3.89. The number of benzene rings is 2. The van der Waals surface area contributed by atoms with Crippen molar-refractivity contribution < 1.29 is 14.0 Å². The van der Waals surface area contributed by atoms with Crippen molar-refractivity contribution in [3.8, 4) is 5.75 Å². The molecule has 4 rings (SSSR count). The van der Waals surface area contributed by atoms with Gasteiger partial charge in [-0.15, -0.1) is 0 Å². The fraction of sp³-hybridized carbons (Fsp3) is 0.350. The average Bonchev–Trinajstić information content (AvgIpc) is 3.12. The summed E-state index contributed by atoms with van der Waals surface area (Å²) in [4.78, 5) is 3.68. The van der Waals surface area contributed by atoms with Crippen LogP contribution in [0.1, 0.15) is 11.1 Å². The Morgan fingerprint density at radius 3 is 2.81 bits per heavy atom. The first kappa shape index (κ1) is 17.2. The number of hydrogen-bond donors (Lipinski definition) is 2. The molecule has 26 heavy (non-hydrogen) atoms. The van der Waals surface area contributed by atoms with Gasteiger partial charge in [-0.2, -0.15) is 0 Å². The van der Waals surface area contributed by atoms with Gasteiger partial charge in [0.25, 0.3) is 0 Å². The molecule has 6 heteroatoms. The van der Waals surface area contributed by atoms with Gasteiger partial charge in [0.05, 0.1) is 38.5 Å². The summed E-state index contributed by atoms with van der Waals surface area (Å²) in [6.07, 6.45) is 1.02. The molecular weight excluding hydrogens is 349 g/mol. The van der Waals surface area contributed by atoms with Crippen LogP contribution >= 0.6 is 12.2 Å². The number of fused-ring (bicyclic) bond motifs is 1. The molecule has 136 valence electrons. The minimum atomic E-state index is -0.278. The van der Waals surface area contributed by atoms with Crippen LogP contribution in [0.4, 0.5) is 10.1 Å². The van der Waals surface area contributed by atoms with Gasteiger partial charge in [-0.3, -0.25) is 0 Å². The zero-order valence-corrected chi connectivity index (χ0v) is 15.4. The Morgan fingerprint density at radius 1 is 1.19 bits per heavy atom. The number of anilines is 1. The van der Waals surface area contributed by atoms with Crippen LogP contribution in [0.5, 0.6) is 5.75 Å². The number of quaternary nitrogens is 1. The number of nitrogens with zero attached hydrogens (tertiary/aromatic N) is 1. The molecule has 0 atom stereocenters. The Hall–Kier alpha value is -2.18. The van der Waals surface area contributed by atoms with Gasteiger partial charge >= 0.3 is 0 Å². The second-order valence-electron chi connectivity index (χ2n) is 6.86.